The minimum atomic E-state index is -0.718. The molecular weight excluding hydrogens is 362 g/mol. The molecule has 0 N–H and O–H groups in total. The van der Waals surface area contributed by atoms with Crippen molar-refractivity contribution < 1.29 is 8.78 Å². The summed E-state index contributed by atoms with van der Waals surface area (Å²) in [6.45, 7) is 2.28. The molecule has 1 saturated carbocycles. The molecule has 1 atom stereocenters. The summed E-state index contributed by atoms with van der Waals surface area (Å²) in [6, 6.07) is 12.0. The van der Waals surface area contributed by atoms with E-state index in [0.717, 1.165) is 42.2 Å². The average molecular weight is 397 g/mol. The summed E-state index contributed by atoms with van der Waals surface area (Å²) < 4.78 is 27.1. The van der Waals surface area contributed by atoms with Gasteiger partial charge in [-0.25, -0.2) is 8.78 Å². The van der Waals surface area contributed by atoms with Crippen molar-refractivity contribution >= 4 is 0 Å². The minimum Gasteiger partial charge on any atom is -0.204 e. The summed E-state index contributed by atoms with van der Waals surface area (Å²) in [5.41, 5.74) is 4.79. The number of benzene rings is 2. The van der Waals surface area contributed by atoms with Crippen LogP contribution in [-0.2, 0) is 12.8 Å². The molecule has 0 radical (unpaired) electrons. The number of rotatable bonds is 6. The van der Waals surface area contributed by atoms with Gasteiger partial charge in [0, 0.05) is 0 Å². The summed E-state index contributed by atoms with van der Waals surface area (Å²) in [5.74, 6) is 0.646. The van der Waals surface area contributed by atoms with Gasteiger partial charge in [-0.05, 0) is 97.1 Å². The first-order valence-electron chi connectivity index (χ1n) is 11.7. The highest BCUT2D eigenvalue weighted by atomic mass is 19.2. The molecule has 2 aromatic carbocycles. The quantitative estimate of drug-likeness (QED) is 0.433. The van der Waals surface area contributed by atoms with Gasteiger partial charge in [-0.1, -0.05) is 56.9 Å². The van der Waals surface area contributed by atoms with Crippen LogP contribution in [0.1, 0.15) is 98.8 Å². The van der Waals surface area contributed by atoms with Crippen LogP contribution in [0, 0.1) is 17.6 Å². The van der Waals surface area contributed by atoms with Gasteiger partial charge in [0.05, 0.1) is 0 Å². The molecule has 0 aromatic heterocycles. The van der Waals surface area contributed by atoms with E-state index in [2.05, 4.69) is 31.2 Å². The average Bonchev–Trinajstić information content (AvgIpc) is 2.75. The zero-order valence-corrected chi connectivity index (χ0v) is 17.7. The number of fused-ring (bicyclic) bond motifs is 1. The van der Waals surface area contributed by atoms with Gasteiger partial charge >= 0.3 is 0 Å². The normalized spacial score (nSPS) is 24.3. The molecular formula is C27H34F2. The van der Waals surface area contributed by atoms with Crippen LogP contribution in [0.15, 0.2) is 36.4 Å². The first-order chi connectivity index (χ1) is 14.1. The van der Waals surface area contributed by atoms with Crippen LogP contribution in [-0.4, -0.2) is 0 Å². The zero-order valence-electron chi connectivity index (χ0n) is 17.7. The lowest BCUT2D eigenvalue weighted by atomic mass is 9.76. The summed E-state index contributed by atoms with van der Waals surface area (Å²) in [6.07, 6.45) is 13.6. The summed E-state index contributed by atoms with van der Waals surface area (Å²) in [4.78, 5) is 0. The highest BCUT2D eigenvalue weighted by molar-refractivity contribution is 5.36. The van der Waals surface area contributed by atoms with E-state index < -0.39 is 11.6 Å². The Balaban J connectivity index is 1.35. The summed E-state index contributed by atoms with van der Waals surface area (Å²) >= 11 is 0. The minimum absolute atomic E-state index is 0.413. The molecule has 0 spiro atoms. The highest BCUT2D eigenvalue weighted by Crippen LogP contribution is 2.39. The van der Waals surface area contributed by atoms with Crippen molar-refractivity contribution in [3.05, 3.63) is 70.3 Å². The Labute approximate surface area is 174 Å². The third-order valence-electron chi connectivity index (χ3n) is 7.41. The van der Waals surface area contributed by atoms with E-state index in [1.807, 2.05) is 0 Å². The Morgan fingerprint density at radius 3 is 2.03 bits per heavy atom. The van der Waals surface area contributed by atoms with E-state index >= 15 is 0 Å². The van der Waals surface area contributed by atoms with E-state index in [1.165, 1.54) is 74.6 Å². The van der Waals surface area contributed by atoms with E-state index in [1.54, 1.807) is 0 Å². The predicted molar refractivity (Wildman–Crippen MR) is 116 cm³/mol. The Hall–Kier alpha value is -1.70. The van der Waals surface area contributed by atoms with Crippen LogP contribution in [0.2, 0.25) is 0 Å². The highest BCUT2D eigenvalue weighted by Gasteiger charge is 2.24. The molecule has 156 valence electrons. The van der Waals surface area contributed by atoms with Gasteiger partial charge in [0.2, 0.25) is 0 Å². The number of aryl methyl sites for hydroxylation is 1. The van der Waals surface area contributed by atoms with E-state index in [0.29, 0.717) is 5.92 Å². The van der Waals surface area contributed by atoms with Gasteiger partial charge in [-0.2, -0.15) is 0 Å². The van der Waals surface area contributed by atoms with Crippen LogP contribution in [0.3, 0.4) is 0 Å². The molecule has 0 nitrogen and oxygen atoms in total. The van der Waals surface area contributed by atoms with Crippen LogP contribution in [0.4, 0.5) is 8.78 Å². The second kappa shape index (κ2) is 9.41. The van der Waals surface area contributed by atoms with Gasteiger partial charge in [0.25, 0.3) is 0 Å². The van der Waals surface area contributed by atoms with Crippen molar-refractivity contribution in [2.75, 3.05) is 0 Å². The molecule has 0 amide bonds. The van der Waals surface area contributed by atoms with Crippen LogP contribution in [0.5, 0.6) is 0 Å². The first-order valence-corrected chi connectivity index (χ1v) is 11.7. The Kier molecular flexibility index (Phi) is 6.67. The van der Waals surface area contributed by atoms with Crippen molar-refractivity contribution in [3.63, 3.8) is 0 Å². The number of hydrogen-bond donors (Lipinski definition) is 0. The zero-order chi connectivity index (χ0) is 20.2. The second-order valence-electron chi connectivity index (χ2n) is 9.35. The number of unbranched alkanes of at least 4 members (excludes halogenated alkanes) is 2. The maximum atomic E-state index is 13.6. The Morgan fingerprint density at radius 1 is 0.759 bits per heavy atom. The number of hydrogen-bond acceptors (Lipinski definition) is 0. The van der Waals surface area contributed by atoms with Gasteiger partial charge in [-0.3, -0.25) is 0 Å². The smallest absolute Gasteiger partial charge is 0.159 e. The van der Waals surface area contributed by atoms with Crippen LogP contribution < -0.4 is 0 Å². The lowest BCUT2D eigenvalue weighted by Crippen LogP contribution is -2.15. The molecule has 2 heteroatoms. The van der Waals surface area contributed by atoms with Gasteiger partial charge in [-0.15, -0.1) is 0 Å². The molecule has 4 rings (SSSR count). The maximum Gasteiger partial charge on any atom is 0.159 e. The molecule has 1 unspecified atom stereocenters. The molecule has 2 aliphatic carbocycles. The third-order valence-corrected chi connectivity index (χ3v) is 7.41. The largest absolute Gasteiger partial charge is 0.204 e. The Morgan fingerprint density at radius 2 is 1.38 bits per heavy atom. The van der Waals surface area contributed by atoms with Crippen molar-refractivity contribution in [2.24, 2.45) is 5.92 Å². The molecule has 0 bridgehead atoms. The van der Waals surface area contributed by atoms with E-state index in [4.69, 9.17) is 0 Å². The van der Waals surface area contributed by atoms with Crippen LogP contribution in [0.25, 0.3) is 0 Å². The predicted octanol–water partition coefficient (Wildman–Crippen LogP) is 8.09. The standard InChI is InChI=1S/C27H34F2/c1-2-3-4-5-19-6-8-20(9-7-19)21-10-12-22(13-11-21)23-14-15-24-17-26(28)27(29)18-25(24)16-23/h10-13,17-20,23H,2-9,14-16H2,1H3. The molecule has 0 heterocycles. The van der Waals surface area contributed by atoms with E-state index in [9.17, 15) is 8.78 Å². The van der Waals surface area contributed by atoms with Gasteiger partial charge in [0.1, 0.15) is 0 Å². The first kappa shape index (κ1) is 20.6. The molecule has 2 aromatic rings. The van der Waals surface area contributed by atoms with E-state index in [-0.39, 0.29) is 0 Å². The monoisotopic (exact) mass is 396 g/mol. The summed E-state index contributed by atoms with van der Waals surface area (Å²) in [5, 5.41) is 0. The lowest BCUT2D eigenvalue weighted by Gasteiger charge is -2.29. The maximum absolute atomic E-state index is 13.6. The van der Waals surface area contributed by atoms with Crippen molar-refractivity contribution in [2.45, 2.75) is 89.4 Å². The van der Waals surface area contributed by atoms with Crippen molar-refractivity contribution in [1.29, 1.82) is 0 Å². The van der Waals surface area contributed by atoms with Crippen molar-refractivity contribution in [1.82, 2.24) is 0 Å². The number of halogens is 2. The van der Waals surface area contributed by atoms with Gasteiger partial charge in [0.15, 0.2) is 11.6 Å². The molecule has 0 aliphatic heterocycles. The Bertz CT molecular complexity index is 800. The van der Waals surface area contributed by atoms with Gasteiger partial charge < -0.3 is 0 Å². The fraction of sp³-hybridized carbons (Fsp3) is 0.556. The summed E-state index contributed by atoms with van der Waals surface area (Å²) in [7, 11) is 0. The lowest BCUT2D eigenvalue weighted by molar-refractivity contribution is 0.303. The molecule has 2 aliphatic rings. The van der Waals surface area contributed by atoms with Crippen molar-refractivity contribution in [3.8, 4) is 0 Å². The topological polar surface area (TPSA) is 0 Å². The molecule has 1 fully saturated rings. The second-order valence-corrected chi connectivity index (χ2v) is 9.35. The molecule has 29 heavy (non-hydrogen) atoms. The fourth-order valence-electron chi connectivity index (χ4n) is 5.54. The van der Waals surface area contributed by atoms with Crippen LogP contribution >= 0.6 is 0 Å². The third kappa shape index (κ3) is 4.90. The molecule has 0 saturated heterocycles. The fourth-order valence-corrected chi connectivity index (χ4v) is 5.54. The SMILES string of the molecule is CCCCCC1CCC(c2ccc(C3CCc4cc(F)c(F)cc4C3)cc2)CC1.